The molecule has 0 bridgehead atoms. The fourth-order valence-electron chi connectivity index (χ4n) is 2.69. The average Bonchev–Trinajstić information content (AvgIpc) is 2.38. The SMILES string of the molecule is CCC1CN(Cc2cccc(C)c2)CC/C1=N\O. The van der Waals surface area contributed by atoms with E-state index < -0.39 is 0 Å². The van der Waals surface area contributed by atoms with Crippen molar-refractivity contribution in [2.45, 2.75) is 33.2 Å². The van der Waals surface area contributed by atoms with E-state index in [0.29, 0.717) is 5.92 Å². The van der Waals surface area contributed by atoms with Crippen molar-refractivity contribution in [2.24, 2.45) is 11.1 Å². The van der Waals surface area contributed by atoms with Crippen molar-refractivity contribution in [1.29, 1.82) is 0 Å². The van der Waals surface area contributed by atoms with Crippen LogP contribution in [0.15, 0.2) is 29.4 Å². The lowest BCUT2D eigenvalue weighted by Crippen LogP contribution is -2.40. The summed E-state index contributed by atoms with van der Waals surface area (Å²) >= 11 is 0. The number of likely N-dealkylation sites (tertiary alicyclic amines) is 1. The van der Waals surface area contributed by atoms with Gasteiger partial charge in [-0.25, -0.2) is 0 Å². The molecule has 1 aliphatic heterocycles. The van der Waals surface area contributed by atoms with Crippen LogP contribution in [0.5, 0.6) is 0 Å². The Bertz CT molecular complexity index is 428. The molecule has 0 aromatic heterocycles. The smallest absolute Gasteiger partial charge is 0.0627 e. The Morgan fingerprint density at radius 2 is 2.28 bits per heavy atom. The van der Waals surface area contributed by atoms with E-state index in [1.807, 2.05) is 0 Å². The Morgan fingerprint density at radius 1 is 1.44 bits per heavy atom. The van der Waals surface area contributed by atoms with E-state index in [9.17, 15) is 0 Å². The third-order valence-electron chi connectivity index (χ3n) is 3.74. The fraction of sp³-hybridized carbons (Fsp3) is 0.533. The van der Waals surface area contributed by atoms with Gasteiger partial charge in [-0.2, -0.15) is 0 Å². The largest absolute Gasteiger partial charge is 0.411 e. The molecule has 1 fully saturated rings. The van der Waals surface area contributed by atoms with Gasteiger partial charge in [-0.15, -0.1) is 0 Å². The molecular weight excluding hydrogens is 224 g/mol. The predicted octanol–water partition coefficient (Wildman–Crippen LogP) is 3.06. The molecular formula is C15H22N2O. The Balaban J connectivity index is 1.99. The molecule has 0 amide bonds. The fourth-order valence-corrected chi connectivity index (χ4v) is 2.69. The zero-order chi connectivity index (χ0) is 13.0. The Morgan fingerprint density at radius 3 is 2.94 bits per heavy atom. The van der Waals surface area contributed by atoms with Crippen LogP contribution in [0.25, 0.3) is 0 Å². The molecule has 98 valence electrons. The second-order valence-electron chi connectivity index (χ2n) is 5.17. The van der Waals surface area contributed by atoms with Crippen LogP contribution in [0.1, 0.15) is 30.9 Å². The molecule has 1 unspecified atom stereocenters. The molecule has 1 aromatic carbocycles. The van der Waals surface area contributed by atoms with Crippen molar-refractivity contribution in [2.75, 3.05) is 13.1 Å². The first-order chi connectivity index (χ1) is 8.72. The van der Waals surface area contributed by atoms with E-state index in [-0.39, 0.29) is 0 Å². The molecule has 1 aromatic rings. The minimum Gasteiger partial charge on any atom is -0.411 e. The van der Waals surface area contributed by atoms with Crippen LogP contribution in [-0.2, 0) is 6.54 Å². The Kier molecular flexibility index (Phi) is 4.37. The van der Waals surface area contributed by atoms with Crippen LogP contribution in [-0.4, -0.2) is 28.9 Å². The molecule has 0 aliphatic carbocycles. The van der Waals surface area contributed by atoms with Gasteiger partial charge in [-0.3, -0.25) is 4.90 Å². The summed E-state index contributed by atoms with van der Waals surface area (Å²) in [7, 11) is 0. The molecule has 1 heterocycles. The van der Waals surface area contributed by atoms with Crippen LogP contribution in [0.4, 0.5) is 0 Å². The van der Waals surface area contributed by atoms with Gasteiger partial charge in [0, 0.05) is 32.0 Å². The summed E-state index contributed by atoms with van der Waals surface area (Å²) in [5.41, 5.74) is 3.65. The van der Waals surface area contributed by atoms with Gasteiger partial charge in [0.05, 0.1) is 5.71 Å². The van der Waals surface area contributed by atoms with Crippen molar-refractivity contribution in [3.63, 3.8) is 0 Å². The molecule has 1 saturated heterocycles. The third-order valence-corrected chi connectivity index (χ3v) is 3.74. The highest BCUT2D eigenvalue weighted by atomic mass is 16.4. The number of rotatable bonds is 3. The average molecular weight is 246 g/mol. The first kappa shape index (κ1) is 13.1. The van der Waals surface area contributed by atoms with E-state index in [1.165, 1.54) is 11.1 Å². The maximum atomic E-state index is 8.97. The first-order valence-electron chi connectivity index (χ1n) is 6.71. The zero-order valence-electron chi connectivity index (χ0n) is 11.3. The highest BCUT2D eigenvalue weighted by molar-refractivity contribution is 5.87. The Labute approximate surface area is 109 Å². The summed E-state index contributed by atoms with van der Waals surface area (Å²) in [4.78, 5) is 2.46. The quantitative estimate of drug-likeness (QED) is 0.657. The van der Waals surface area contributed by atoms with Gasteiger partial charge in [0.25, 0.3) is 0 Å². The van der Waals surface area contributed by atoms with Crippen molar-refractivity contribution in [3.8, 4) is 0 Å². The van der Waals surface area contributed by atoms with Crippen LogP contribution >= 0.6 is 0 Å². The van der Waals surface area contributed by atoms with Crippen LogP contribution in [0, 0.1) is 12.8 Å². The maximum Gasteiger partial charge on any atom is 0.0627 e. The number of hydrogen-bond donors (Lipinski definition) is 1. The summed E-state index contributed by atoms with van der Waals surface area (Å²) < 4.78 is 0. The minimum absolute atomic E-state index is 0.411. The molecule has 3 nitrogen and oxygen atoms in total. The number of oxime groups is 1. The molecule has 1 N–H and O–H groups in total. The van der Waals surface area contributed by atoms with Gasteiger partial charge in [-0.1, -0.05) is 41.9 Å². The molecule has 1 atom stereocenters. The van der Waals surface area contributed by atoms with Gasteiger partial charge in [0.2, 0.25) is 0 Å². The lowest BCUT2D eigenvalue weighted by molar-refractivity contribution is 0.220. The van der Waals surface area contributed by atoms with E-state index in [4.69, 9.17) is 5.21 Å². The van der Waals surface area contributed by atoms with Crippen LogP contribution < -0.4 is 0 Å². The normalized spacial score (nSPS) is 23.4. The summed E-state index contributed by atoms with van der Waals surface area (Å²) in [6, 6.07) is 8.68. The molecule has 18 heavy (non-hydrogen) atoms. The Hall–Kier alpha value is -1.35. The molecule has 2 rings (SSSR count). The maximum absolute atomic E-state index is 8.97. The first-order valence-corrected chi connectivity index (χ1v) is 6.71. The van der Waals surface area contributed by atoms with E-state index in [2.05, 4.69) is 48.2 Å². The van der Waals surface area contributed by atoms with Crippen LogP contribution in [0.3, 0.4) is 0 Å². The number of aryl methyl sites for hydroxylation is 1. The van der Waals surface area contributed by atoms with Crippen molar-refractivity contribution in [3.05, 3.63) is 35.4 Å². The second kappa shape index (κ2) is 6.01. The van der Waals surface area contributed by atoms with Crippen LogP contribution in [0.2, 0.25) is 0 Å². The standard InChI is InChI=1S/C15H22N2O/c1-3-14-11-17(8-7-15(14)16-18)10-13-6-4-5-12(2)9-13/h4-6,9,14,18H,3,7-8,10-11H2,1-2H3/b16-15+. The highest BCUT2D eigenvalue weighted by Gasteiger charge is 2.24. The van der Waals surface area contributed by atoms with Gasteiger partial charge in [-0.05, 0) is 18.9 Å². The lowest BCUT2D eigenvalue weighted by Gasteiger charge is -2.32. The molecule has 0 radical (unpaired) electrons. The highest BCUT2D eigenvalue weighted by Crippen LogP contribution is 2.19. The van der Waals surface area contributed by atoms with Crippen molar-refractivity contribution >= 4 is 5.71 Å². The molecule has 1 aliphatic rings. The van der Waals surface area contributed by atoms with Gasteiger partial charge >= 0.3 is 0 Å². The summed E-state index contributed by atoms with van der Waals surface area (Å²) in [6.07, 6.45) is 1.94. The van der Waals surface area contributed by atoms with Crippen molar-refractivity contribution in [1.82, 2.24) is 4.90 Å². The zero-order valence-corrected chi connectivity index (χ0v) is 11.3. The second-order valence-corrected chi connectivity index (χ2v) is 5.17. The topological polar surface area (TPSA) is 35.8 Å². The predicted molar refractivity (Wildman–Crippen MR) is 74.1 cm³/mol. The molecule has 0 spiro atoms. The molecule has 0 saturated carbocycles. The van der Waals surface area contributed by atoms with Gasteiger partial charge in [0.15, 0.2) is 0 Å². The van der Waals surface area contributed by atoms with Crippen molar-refractivity contribution < 1.29 is 5.21 Å². The number of piperidine rings is 1. The lowest BCUT2D eigenvalue weighted by atomic mass is 9.93. The summed E-state index contributed by atoms with van der Waals surface area (Å²) in [6.45, 7) is 7.28. The number of nitrogens with zero attached hydrogens (tertiary/aromatic N) is 2. The van der Waals surface area contributed by atoms with E-state index in [0.717, 1.165) is 38.2 Å². The summed E-state index contributed by atoms with van der Waals surface area (Å²) in [5.74, 6) is 0.411. The third kappa shape index (κ3) is 3.10. The van der Waals surface area contributed by atoms with E-state index >= 15 is 0 Å². The summed E-state index contributed by atoms with van der Waals surface area (Å²) in [5, 5.41) is 12.4. The van der Waals surface area contributed by atoms with Gasteiger partial charge in [0.1, 0.15) is 0 Å². The monoisotopic (exact) mass is 246 g/mol. The minimum atomic E-state index is 0.411. The number of hydrogen-bond acceptors (Lipinski definition) is 3. The number of benzene rings is 1. The molecule has 3 heteroatoms. The van der Waals surface area contributed by atoms with E-state index in [1.54, 1.807) is 0 Å². The van der Waals surface area contributed by atoms with Gasteiger partial charge < -0.3 is 5.21 Å².